The maximum absolute atomic E-state index is 11.3. The summed E-state index contributed by atoms with van der Waals surface area (Å²) in [6.45, 7) is 0.762. The zero-order valence-corrected chi connectivity index (χ0v) is 16.1. The number of aryl methyl sites for hydroxylation is 1. The first kappa shape index (κ1) is 16.6. The van der Waals surface area contributed by atoms with Crippen molar-refractivity contribution in [1.29, 1.82) is 0 Å². The number of hydrogen-bond acceptors (Lipinski definition) is 6. The highest BCUT2D eigenvalue weighted by Crippen LogP contribution is 2.39. The monoisotopic (exact) mass is 400 g/mol. The van der Waals surface area contributed by atoms with E-state index in [9.17, 15) is 5.11 Å². The number of H-pyrrole nitrogens is 1. The Morgan fingerprint density at radius 1 is 1.14 bits per heavy atom. The molecule has 8 heteroatoms. The van der Waals surface area contributed by atoms with Crippen molar-refractivity contribution in [1.82, 2.24) is 29.5 Å². The van der Waals surface area contributed by atoms with E-state index in [-0.39, 0.29) is 0 Å². The van der Waals surface area contributed by atoms with Crippen LogP contribution in [-0.4, -0.2) is 34.6 Å². The molecule has 5 heterocycles. The SMILES string of the molecule is O[C@@]1(c2cccc(-c3csc(-c4c[nH]c5nccnc45)n3)c2)CCn2ccnc21. The summed E-state index contributed by atoms with van der Waals surface area (Å²) in [6, 6.07) is 7.95. The fourth-order valence-electron chi connectivity index (χ4n) is 4.00. The zero-order chi connectivity index (χ0) is 19.4. The minimum absolute atomic E-state index is 0.621. The summed E-state index contributed by atoms with van der Waals surface area (Å²) in [5.74, 6) is 0.700. The van der Waals surface area contributed by atoms with Crippen LogP contribution >= 0.6 is 11.3 Å². The molecule has 4 aromatic heterocycles. The number of aliphatic hydroxyl groups is 1. The largest absolute Gasteiger partial charge is 0.377 e. The smallest absolute Gasteiger partial charge is 0.156 e. The van der Waals surface area contributed by atoms with E-state index in [4.69, 9.17) is 4.98 Å². The number of nitrogens with zero attached hydrogens (tertiary/aromatic N) is 5. The topological polar surface area (TPSA) is 92.5 Å². The molecule has 1 aliphatic rings. The van der Waals surface area contributed by atoms with Gasteiger partial charge in [-0.15, -0.1) is 11.3 Å². The van der Waals surface area contributed by atoms with Gasteiger partial charge in [0.25, 0.3) is 0 Å². The predicted octanol–water partition coefficient (Wildman–Crippen LogP) is 3.58. The van der Waals surface area contributed by atoms with Gasteiger partial charge in [-0.25, -0.2) is 15.0 Å². The lowest BCUT2D eigenvalue weighted by Gasteiger charge is -2.22. The number of nitrogens with one attached hydrogen (secondary N) is 1. The molecule has 0 spiro atoms. The first-order chi connectivity index (χ1) is 14.2. The summed E-state index contributed by atoms with van der Waals surface area (Å²) in [5.41, 5.74) is 4.12. The van der Waals surface area contributed by atoms with Crippen LogP contribution in [0.1, 0.15) is 17.8 Å². The van der Waals surface area contributed by atoms with Gasteiger partial charge in [-0.3, -0.25) is 4.98 Å². The molecule has 1 atom stereocenters. The number of benzene rings is 1. The molecule has 142 valence electrons. The minimum Gasteiger partial charge on any atom is -0.377 e. The fourth-order valence-corrected chi connectivity index (χ4v) is 4.85. The van der Waals surface area contributed by atoms with Gasteiger partial charge in [-0.05, 0) is 11.6 Å². The summed E-state index contributed by atoms with van der Waals surface area (Å²) >= 11 is 1.57. The van der Waals surface area contributed by atoms with Crippen LogP contribution in [0.15, 0.2) is 60.6 Å². The van der Waals surface area contributed by atoms with Crippen molar-refractivity contribution in [2.75, 3.05) is 0 Å². The number of thiazole rings is 1. The number of aromatic nitrogens is 6. The highest BCUT2D eigenvalue weighted by atomic mass is 32.1. The van der Waals surface area contributed by atoms with Crippen LogP contribution in [0.25, 0.3) is 33.0 Å². The molecule has 6 rings (SSSR count). The highest BCUT2D eigenvalue weighted by Gasteiger charge is 2.40. The van der Waals surface area contributed by atoms with Gasteiger partial charge in [-0.1, -0.05) is 18.2 Å². The maximum Gasteiger partial charge on any atom is 0.156 e. The molecule has 0 amide bonds. The maximum atomic E-state index is 11.3. The number of rotatable bonds is 3. The molecule has 0 unspecified atom stereocenters. The van der Waals surface area contributed by atoms with E-state index >= 15 is 0 Å². The third-order valence-corrected chi connectivity index (χ3v) is 6.35. The van der Waals surface area contributed by atoms with E-state index in [1.165, 1.54) is 0 Å². The Hall–Kier alpha value is -3.36. The van der Waals surface area contributed by atoms with Crippen LogP contribution in [0.3, 0.4) is 0 Å². The molecule has 29 heavy (non-hydrogen) atoms. The van der Waals surface area contributed by atoms with Gasteiger partial charge in [0, 0.05) is 54.9 Å². The van der Waals surface area contributed by atoms with Gasteiger partial charge in [0.2, 0.25) is 0 Å². The van der Waals surface area contributed by atoms with Crippen LogP contribution in [-0.2, 0) is 12.1 Å². The van der Waals surface area contributed by atoms with Crippen molar-refractivity contribution in [3.05, 3.63) is 72.0 Å². The molecule has 0 saturated carbocycles. The first-order valence-corrected chi connectivity index (χ1v) is 10.2. The van der Waals surface area contributed by atoms with Gasteiger partial charge >= 0.3 is 0 Å². The summed E-state index contributed by atoms with van der Waals surface area (Å²) in [6.07, 6.45) is 9.51. The molecule has 1 aromatic carbocycles. The third-order valence-electron chi connectivity index (χ3n) is 5.48. The molecule has 0 aliphatic carbocycles. The molecular formula is C21H16N6OS. The Balaban J connectivity index is 1.40. The summed E-state index contributed by atoms with van der Waals surface area (Å²) in [7, 11) is 0. The number of imidazole rings is 1. The molecule has 0 saturated heterocycles. The zero-order valence-electron chi connectivity index (χ0n) is 15.3. The second-order valence-corrected chi connectivity index (χ2v) is 7.99. The normalized spacial score (nSPS) is 18.4. The van der Waals surface area contributed by atoms with E-state index in [1.54, 1.807) is 29.9 Å². The fraction of sp³-hybridized carbons (Fsp3) is 0.143. The second-order valence-electron chi connectivity index (χ2n) is 7.13. The quantitative estimate of drug-likeness (QED) is 0.483. The van der Waals surface area contributed by atoms with E-state index < -0.39 is 5.60 Å². The predicted molar refractivity (Wildman–Crippen MR) is 110 cm³/mol. The summed E-state index contributed by atoms with van der Waals surface area (Å²) in [5, 5.41) is 14.2. The molecule has 0 bridgehead atoms. The third kappa shape index (κ3) is 2.46. The van der Waals surface area contributed by atoms with Crippen LogP contribution < -0.4 is 0 Å². The number of aromatic amines is 1. The summed E-state index contributed by atoms with van der Waals surface area (Å²) in [4.78, 5) is 21.1. The molecule has 7 nitrogen and oxygen atoms in total. The van der Waals surface area contributed by atoms with Gasteiger partial charge in [-0.2, -0.15) is 0 Å². The van der Waals surface area contributed by atoms with Crippen molar-refractivity contribution >= 4 is 22.5 Å². The molecule has 0 radical (unpaired) electrons. The molecule has 1 aliphatic heterocycles. The Morgan fingerprint density at radius 2 is 2.07 bits per heavy atom. The van der Waals surface area contributed by atoms with Crippen molar-refractivity contribution in [2.45, 2.75) is 18.6 Å². The van der Waals surface area contributed by atoms with E-state index in [2.05, 4.69) is 19.9 Å². The minimum atomic E-state index is -1.06. The Bertz CT molecular complexity index is 1350. The lowest BCUT2D eigenvalue weighted by atomic mass is 9.90. The highest BCUT2D eigenvalue weighted by molar-refractivity contribution is 7.13. The lowest BCUT2D eigenvalue weighted by Crippen LogP contribution is -2.25. The molecular weight excluding hydrogens is 384 g/mol. The van der Waals surface area contributed by atoms with Crippen LogP contribution in [0.4, 0.5) is 0 Å². The molecule has 5 aromatic rings. The van der Waals surface area contributed by atoms with Crippen LogP contribution in [0, 0.1) is 0 Å². The van der Waals surface area contributed by atoms with Crippen molar-refractivity contribution in [2.24, 2.45) is 0 Å². The Kier molecular flexibility index (Phi) is 3.47. The van der Waals surface area contributed by atoms with Gasteiger partial charge < -0.3 is 14.7 Å². The van der Waals surface area contributed by atoms with E-state index in [0.717, 1.165) is 45.1 Å². The van der Waals surface area contributed by atoms with Crippen molar-refractivity contribution < 1.29 is 5.11 Å². The summed E-state index contributed by atoms with van der Waals surface area (Å²) < 4.78 is 2.01. The molecule has 0 fully saturated rings. The average molecular weight is 400 g/mol. The van der Waals surface area contributed by atoms with Crippen LogP contribution in [0.5, 0.6) is 0 Å². The van der Waals surface area contributed by atoms with E-state index in [0.29, 0.717) is 12.2 Å². The second kappa shape index (κ2) is 6.07. The van der Waals surface area contributed by atoms with Gasteiger partial charge in [0.15, 0.2) is 5.65 Å². The number of hydrogen-bond donors (Lipinski definition) is 2. The van der Waals surface area contributed by atoms with Crippen molar-refractivity contribution in [3.63, 3.8) is 0 Å². The van der Waals surface area contributed by atoms with Crippen LogP contribution in [0.2, 0.25) is 0 Å². The first-order valence-electron chi connectivity index (χ1n) is 9.31. The van der Waals surface area contributed by atoms with Crippen molar-refractivity contribution in [3.8, 4) is 21.8 Å². The Labute approximate surface area is 169 Å². The average Bonchev–Trinajstić information content (AvgIpc) is 3.53. The lowest BCUT2D eigenvalue weighted by molar-refractivity contribution is 0.0786. The molecule has 2 N–H and O–H groups in total. The van der Waals surface area contributed by atoms with E-state index in [1.807, 2.05) is 46.6 Å². The number of fused-ring (bicyclic) bond motifs is 2. The van der Waals surface area contributed by atoms with Gasteiger partial charge in [0.1, 0.15) is 21.9 Å². The Morgan fingerprint density at radius 3 is 3.03 bits per heavy atom. The standard InChI is InChI=1S/C21H16N6OS/c28-21(4-8-27-9-7-24-20(21)27)14-3-1-2-13(10-14)16-12-29-19(26-16)15-11-25-18-17(15)22-5-6-23-18/h1-3,5-7,9-12,28H,4,8H2,(H,23,25)/t21-/m1/s1. The van der Waals surface area contributed by atoms with Gasteiger partial charge in [0.05, 0.1) is 11.3 Å².